The molecule has 3 rings (SSSR count). The zero-order chi connectivity index (χ0) is 22.6. The van der Waals surface area contributed by atoms with Gasteiger partial charge in [0, 0.05) is 7.11 Å². The highest BCUT2D eigenvalue weighted by Gasteiger charge is 2.53. The molecule has 1 spiro atoms. The third-order valence-corrected chi connectivity index (χ3v) is 7.27. The molecule has 170 valence electrons. The fourth-order valence-electron chi connectivity index (χ4n) is 4.80. The molecule has 0 radical (unpaired) electrons. The Kier molecular flexibility index (Phi) is 7.04. The fraction of sp³-hybridized carbons (Fsp3) is 0.625. The van der Waals surface area contributed by atoms with E-state index in [0.29, 0.717) is 25.4 Å². The predicted octanol–water partition coefficient (Wildman–Crippen LogP) is 3.41. The highest BCUT2D eigenvalue weighted by Crippen LogP contribution is 2.45. The van der Waals surface area contributed by atoms with E-state index in [-0.39, 0.29) is 29.8 Å². The molecule has 1 aromatic rings. The molecular weight excluding hydrogens is 394 g/mol. The van der Waals surface area contributed by atoms with Crippen LogP contribution in [-0.2, 0) is 14.3 Å². The van der Waals surface area contributed by atoms with Crippen LogP contribution in [0.1, 0.15) is 64.5 Å². The molecule has 4 amide bonds. The van der Waals surface area contributed by atoms with Crippen LogP contribution in [0.2, 0.25) is 0 Å². The third kappa shape index (κ3) is 4.92. The standard InChI is InChI=1S/C24H35N3O4/c1-5-23(2,3)18-11-13-24(14-12-18)21(29)27(22(30)26-24)15-20(28)25-19(16-31-4)17-9-7-6-8-10-17/h6-10,18-19H,5,11-16H2,1-4H3,(H,25,28)(H,26,30)/t18?,19-,24?/m0/s1. The number of hydrogen-bond donors (Lipinski definition) is 2. The first-order valence-electron chi connectivity index (χ1n) is 11.2. The van der Waals surface area contributed by atoms with E-state index < -0.39 is 11.6 Å². The summed E-state index contributed by atoms with van der Waals surface area (Å²) in [5.41, 5.74) is 0.271. The Morgan fingerprint density at radius 2 is 1.90 bits per heavy atom. The summed E-state index contributed by atoms with van der Waals surface area (Å²) in [5, 5.41) is 5.80. The molecule has 1 saturated heterocycles. The quantitative estimate of drug-likeness (QED) is 0.620. The molecule has 7 heteroatoms. The van der Waals surface area contributed by atoms with Crippen LogP contribution in [0, 0.1) is 11.3 Å². The summed E-state index contributed by atoms with van der Waals surface area (Å²) < 4.78 is 5.23. The van der Waals surface area contributed by atoms with Crippen molar-refractivity contribution in [3.05, 3.63) is 35.9 Å². The molecule has 0 bridgehead atoms. The second kappa shape index (κ2) is 9.39. The Morgan fingerprint density at radius 3 is 2.48 bits per heavy atom. The summed E-state index contributed by atoms with van der Waals surface area (Å²) in [7, 11) is 1.57. The predicted molar refractivity (Wildman–Crippen MR) is 118 cm³/mol. The minimum absolute atomic E-state index is 0.223. The molecule has 2 aliphatic rings. The Hall–Kier alpha value is -2.41. The largest absolute Gasteiger partial charge is 0.382 e. The van der Waals surface area contributed by atoms with Gasteiger partial charge in [-0.3, -0.25) is 14.5 Å². The Labute approximate surface area is 184 Å². The molecule has 1 heterocycles. The first-order valence-corrected chi connectivity index (χ1v) is 11.2. The summed E-state index contributed by atoms with van der Waals surface area (Å²) in [6.45, 7) is 6.74. The van der Waals surface area contributed by atoms with E-state index in [4.69, 9.17) is 4.74 Å². The zero-order valence-corrected chi connectivity index (χ0v) is 19.1. The van der Waals surface area contributed by atoms with Crippen molar-refractivity contribution in [1.82, 2.24) is 15.5 Å². The molecule has 1 saturated carbocycles. The minimum atomic E-state index is -0.858. The van der Waals surface area contributed by atoms with Gasteiger partial charge in [0.2, 0.25) is 5.91 Å². The number of ether oxygens (including phenoxy) is 1. The second-order valence-electron chi connectivity index (χ2n) is 9.51. The Balaban J connectivity index is 1.63. The average Bonchev–Trinajstić information content (AvgIpc) is 2.98. The fourth-order valence-corrected chi connectivity index (χ4v) is 4.80. The zero-order valence-electron chi connectivity index (χ0n) is 19.1. The molecule has 1 atom stereocenters. The number of amides is 4. The number of benzene rings is 1. The van der Waals surface area contributed by atoms with Crippen LogP contribution in [0.15, 0.2) is 30.3 Å². The number of rotatable bonds is 8. The van der Waals surface area contributed by atoms with E-state index in [0.717, 1.165) is 29.7 Å². The molecule has 7 nitrogen and oxygen atoms in total. The van der Waals surface area contributed by atoms with Crippen molar-refractivity contribution < 1.29 is 19.1 Å². The monoisotopic (exact) mass is 429 g/mol. The maximum atomic E-state index is 13.2. The van der Waals surface area contributed by atoms with Crippen molar-refractivity contribution in [1.29, 1.82) is 0 Å². The van der Waals surface area contributed by atoms with Gasteiger partial charge in [0.1, 0.15) is 12.1 Å². The maximum absolute atomic E-state index is 13.2. The van der Waals surface area contributed by atoms with E-state index in [9.17, 15) is 14.4 Å². The number of nitrogens with one attached hydrogen (secondary N) is 2. The van der Waals surface area contributed by atoms with E-state index in [1.165, 1.54) is 0 Å². The number of hydrogen-bond acceptors (Lipinski definition) is 4. The van der Waals surface area contributed by atoms with Crippen molar-refractivity contribution in [2.24, 2.45) is 11.3 Å². The number of methoxy groups -OCH3 is 1. The SMILES string of the molecule is CCC(C)(C)C1CCC2(CC1)NC(=O)N(CC(=O)N[C@@H](COC)c1ccccc1)C2=O. The van der Waals surface area contributed by atoms with Crippen LogP contribution in [0.25, 0.3) is 0 Å². The summed E-state index contributed by atoms with van der Waals surface area (Å²) >= 11 is 0. The molecule has 1 aliphatic carbocycles. The van der Waals surface area contributed by atoms with Gasteiger partial charge in [-0.15, -0.1) is 0 Å². The number of nitrogens with zero attached hydrogens (tertiary/aromatic N) is 1. The van der Waals surface area contributed by atoms with E-state index in [2.05, 4.69) is 31.4 Å². The first-order chi connectivity index (χ1) is 14.7. The van der Waals surface area contributed by atoms with E-state index in [1.807, 2.05) is 30.3 Å². The van der Waals surface area contributed by atoms with Gasteiger partial charge < -0.3 is 15.4 Å². The lowest BCUT2D eigenvalue weighted by Crippen LogP contribution is -2.51. The highest BCUT2D eigenvalue weighted by atomic mass is 16.5. The van der Waals surface area contributed by atoms with Crippen molar-refractivity contribution in [2.45, 2.75) is 64.5 Å². The maximum Gasteiger partial charge on any atom is 0.325 e. The van der Waals surface area contributed by atoms with Gasteiger partial charge >= 0.3 is 6.03 Å². The minimum Gasteiger partial charge on any atom is -0.382 e. The summed E-state index contributed by atoms with van der Waals surface area (Å²) in [5.74, 6) is -0.124. The van der Waals surface area contributed by atoms with Crippen LogP contribution in [0.4, 0.5) is 4.79 Å². The molecule has 2 fully saturated rings. The number of imide groups is 1. The van der Waals surface area contributed by atoms with Gasteiger partial charge in [-0.25, -0.2) is 4.79 Å². The van der Waals surface area contributed by atoms with Crippen molar-refractivity contribution >= 4 is 17.8 Å². The first kappa shape index (κ1) is 23.3. The van der Waals surface area contributed by atoms with Gasteiger partial charge in [0.15, 0.2) is 0 Å². The molecule has 31 heavy (non-hydrogen) atoms. The third-order valence-electron chi connectivity index (χ3n) is 7.27. The van der Waals surface area contributed by atoms with Crippen LogP contribution in [0.5, 0.6) is 0 Å². The Bertz CT molecular complexity index is 800. The van der Waals surface area contributed by atoms with E-state index >= 15 is 0 Å². The van der Waals surface area contributed by atoms with Crippen LogP contribution < -0.4 is 10.6 Å². The summed E-state index contributed by atoms with van der Waals surface area (Å²) in [6.07, 6.45) is 4.13. The lowest BCUT2D eigenvalue weighted by atomic mass is 9.65. The topological polar surface area (TPSA) is 87.7 Å². The average molecular weight is 430 g/mol. The molecule has 2 N–H and O–H groups in total. The summed E-state index contributed by atoms with van der Waals surface area (Å²) in [4.78, 5) is 39.5. The van der Waals surface area contributed by atoms with Gasteiger partial charge in [0.25, 0.3) is 5.91 Å². The number of carbonyl (C=O) groups excluding carboxylic acids is 3. The number of carbonyl (C=O) groups is 3. The van der Waals surface area contributed by atoms with Crippen molar-refractivity contribution in [2.75, 3.05) is 20.3 Å². The molecule has 0 aromatic heterocycles. The molecular formula is C24H35N3O4. The molecule has 1 aromatic carbocycles. The highest BCUT2D eigenvalue weighted by molar-refractivity contribution is 6.09. The van der Waals surface area contributed by atoms with Crippen LogP contribution >= 0.6 is 0 Å². The van der Waals surface area contributed by atoms with E-state index in [1.54, 1.807) is 7.11 Å². The lowest BCUT2D eigenvalue weighted by Gasteiger charge is -2.42. The van der Waals surface area contributed by atoms with Gasteiger partial charge in [0.05, 0.1) is 12.6 Å². The van der Waals surface area contributed by atoms with Crippen molar-refractivity contribution in [3.63, 3.8) is 0 Å². The molecule has 0 unspecified atom stereocenters. The lowest BCUT2D eigenvalue weighted by molar-refractivity contribution is -0.136. The second-order valence-corrected chi connectivity index (χ2v) is 9.51. The molecule has 1 aliphatic heterocycles. The normalized spacial score (nSPS) is 24.9. The summed E-state index contributed by atoms with van der Waals surface area (Å²) in [6, 6.07) is 8.67. The van der Waals surface area contributed by atoms with Crippen LogP contribution in [-0.4, -0.2) is 48.5 Å². The van der Waals surface area contributed by atoms with Crippen molar-refractivity contribution in [3.8, 4) is 0 Å². The Morgan fingerprint density at radius 1 is 1.26 bits per heavy atom. The van der Waals surface area contributed by atoms with Gasteiger partial charge in [-0.05, 0) is 42.6 Å². The number of urea groups is 1. The van der Waals surface area contributed by atoms with Gasteiger partial charge in [-0.1, -0.05) is 57.5 Å². The van der Waals surface area contributed by atoms with Crippen LogP contribution in [0.3, 0.4) is 0 Å². The van der Waals surface area contributed by atoms with Gasteiger partial charge in [-0.2, -0.15) is 0 Å². The smallest absolute Gasteiger partial charge is 0.325 e.